The number of hydrogen-bond donors (Lipinski definition) is 3. The fraction of sp³-hybridized carbons (Fsp3) is 0.875. The van der Waals surface area contributed by atoms with Crippen molar-refractivity contribution in [1.82, 2.24) is 20.8 Å². The standard InChI is InChI=1S/C16H26N4O7S/c21-15(18-26-14-5-1-4-12-11(14)3-2-8-17-12)13-7-6-10-9-19(13)16(22)20(10)27-28(23,24)25/h10-14,17H,1-9H2,(H,18,21)(H,23,24,25)/t10?,11?,12?,13-,14?/m0/s1. The molecule has 12 heteroatoms. The van der Waals surface area contributed by atoms with Crippen LogP contribution in [0.15, 0.2) is 0 Å². The van der Waals surface area contributed by atoms with Crippen molar-refractivity contribution in [3.05, 3.63) is 0 Å². The number of carbonyl (C=O) groups excluding carboxylic acids is 2. The first-order chi connectivity index (χ1) is 13.3. The van der Waals surface area contributed by atoms with Gasteiger partial charge >= 0.3 is 16.4 Å². The topological polar surface area (TPSA) is 138 Å². The Kier molecular flexibility index (Phi) is 5.49. The second-order valence-electron chi connectivity index (χ2n) is 7.93. The summed E-state index contributed by atoms with van der Waals surface area (Å²) >= 11 is 0. The zero-order chi connectivity index (χ0) is 19.9. The number of urea groups is 1. The van der Waals surface area contributed by atoms with Crippen LogP contribution in [0, 0.1) is 5.92 Å². The van der Waals surface area contributed by atoms with Crippen LogP contribution in [0.1, 0.15) is 44.9 Å². The molecule has 11 nitrogen and oxygen atoms in total. The Hall–Kier alpha value is -1.47. The number of nitrogens with zero attached hydrogens (tertiary/aromatic N) is 2. The summed E-state index contributed by atoms with van der Waals surface area (Å²) in [5, 5.41) is 4.15. The molecule has 1 aliphatic carbocycles. The lowest BCUT2D eigenvalue weighted by Crippen LogP contribution is -2.53. The van der Waals surface area contributed by atoms with E-state index in [1.165, 1.54) is 4.90 Å². The second-order valence-corrected chi connectivity index (χ2v) is 8.93. The molecule has 1 saturated carbocycles. The Morgan fingerprint density at radius 1 is 1.18 bits per heavy atom. The van der Waals surface area contributed by atoms with Crippen molar-refractivity contribution < 1.29 is 31.7 Å². The maximum absolute atomic E-state index is 12.7. The summed E-state index contributed by atoms with van der Waals surface area (Å²) < 4.78 is 35.1. The van der Waals surface area contributed by atoms with Crippen LogP contribution >= 0.6 is 0 Å². The summed E-state index contributed by atoms with van der Waals surface area (Å²) in [7, 11) is -4.81. The van der Waals surface area contributed by atoms with Crippen molar-refractivity contribution in [2.24, 2.45) is 5.92 Å². The first-order valence-corrected chi connectivity index (χ1v) is 11.2. The number of carbonyl (C=O) groups is 2. The van der Waals surface area contributed by atoms with Gasteiger partial charge in [0.15, 0.2) is 0 Å². The van der Waals surface area contributed by atoms with Gasteiger partial charge in [-0.05, 0) is 51.5 Å². The molecule has 4 aliphatic rings. The zero-order valence-electron chi connectivity index (χ0n) is 15.5. The minimum absolute atomic E-state index is 0.0551. The molecule has 0 aromatic carbocycles. The smallest absolute Gasteiger partial charge is 0.314 e. The molecule has 0 spiro atoms. The highest BCUT2D eigenvalue weighted by molar-refractivity contribution is 7.80. The molecule has 158 valence electrons. The van der Waals surface area contributed by atoms with E-state index < -0.39 is 34.4 Å². The Morgan fingerprint density at radius 3 is 2.79 bits per heavy atom. The van der Waals surface area contributed by atoms with Crippen molar-refractivity contribution >= 4 is 22.3 Å². The van der Waals surface area contributed by atoms with Crippen LogP contribution in [0.25, 0.3) is 0 Å². The van der Waals surface area contributed by atoms with Crippen LogP contribution in [0.3, 0.4) is 0 Å². The molecule has 0 radical (unpaired) electrons. The summed E-state index contributed by atoms with van der Waals surface area (Å²) in [5.74, 6) is -0.0583. The van der Waals surface area contributed by atoms with E-state index >= 15 is 0 Å². The highest BCUT2D eigenvalue weighted by Crippen LogP contribution is 2.33. The van der Waals surface area contributed by atoms with Gasteiger partial charge in [0.2, 0.25) is 0 Å². The van der Waals surface area contributed by atoms with Crippen molar-refractivity contribution in [3.8, 4) is 0 Å². The molecule has 2 bridgehead atoms. The lowest BCUT2D eigenvalue weighted by atomic mass is 9.77. The maximum atomic E-state index is 12.7. The van der Waals surface area contributed by atoms with Crippen molar-refractivity contribution in [3.63, 3.8) is 0 Å². The lowest BCUT2D eigenvalue weighted by Gasteiger charge is -2.41. The fourth-order valence-electron chi connectivity index (χ4n) is 4.94. The molecule has 3 N–H and O–H groups in total. The van der Waals surface area contributed by atoms with Gasteiger partial charge in [-0.3, -0.25) is 14.2 Å². The molecule has 3 saturated heterocycles. The van der Waals surface area contributed by atoms with Crippen LogP contribution in [0.2, 0.25) is 0 Å². The first-order valence-electron chi connectivity index (χ1n) is 9.79. The van der Waals surface area contributed by atoms with Gasteiger partial charge in [-0.2, -0.15) is 13.5 Å². The summed E-state index contributed by atoms with van der Waals surface area (Å²) in [6.07, 6.45) is 5.87. The van der Waals surface area contributed by atoms with Gasteiger partial charge in [-0.25, -0.2) is 10.3 Å². The van der Waals surface area contributed by atoms with Gasteiger partial charge in [0.25, 0.3) is 5.91 Å². The fourth-order valence-corrected chi connectivity index (χ4v) is 5.33. The van der Waals surface area contributed by atoms with Crippen LogP contribution in [-0.4, -0.2) is 72.2 Å². The molecule has 4 fully saturated rings. The minimum atomic E-state index is -4.81. The SMILES string of the molecule is O=C(NOC1CCCC2NCCCC21)[C@@H]1CCC2CN1C(=O)N2OS(=O)(=O)O. The molecular weight excluding hydrogens is 392 g/mol. The highest BCUT2D eigenvalue weighted by Gasteiger charge is 2.49. The van der Waals surface area contributed by atoms with E-state index in [9.17, 15) is 18.0 Å². The number of nitrogens with one attached hydrogen (secondary N) is 2. The summed E-state index contributed by atoms with van der Waals surface area (Å²) in [6.45, 7) is 1.17. The molecular formula is C16H26N4O7S. The predicted octanol–water partition coefficient (Wildman–Crippen LogP) is -0.0421. The lowest BCUT2D eigenvalue weighted by molar-refractivity contribution is -0.151. The maximum Gasteiger partial charge on any atom is 0.418 e. The van der Waals surface area contributed by atoms with Crippen molar-refractivity contribution in [1.29, 1.82) is 0 Å². The quantitative estimate of drug-likeness (QED) is 0.418. The highest BCUT2D eigenvalue weighted by atomic mass is 32.3. The Balaban J connectivity index is 1.35. The summed E-state index contributed by atoms with van der Waals surface area (Å²) in [4.78, 5) is 32.1. The van der Waals surface area contributed by atoms with Gasteiger partial charge in [0.05, 0.1) is 12.1 Å². The van der Waals surface area contributed by atoms with Crippen LogP contribution < -0.4 is 10.8 Å². The third kappa shape index (κ3) is 3.96. The molecule has 0 aromatic heterocycles. The van der Waals surface area contributed by atoms with Crippen molar-refractivity contribution in [2.75, 3.05) is 13.1 Å². The molecule has 5 atom stereocenters. The van der Waals surface area contributed by atoms with Crippen LogP contribution in [-0.2, 0) is 24.3 Å². The molecule has 4 rings (SSSR count). The number of amides is 3. The number of hydroxylamine groups is 3. The monoisotopic (exact) mass is 418 g/mol. The van der Waals surface area contributed by atoms with E-state index in [4.69, 9.17) is 9.39 Å². The summed E-state index contributed by atoms with van der Waals surface area (Å²) in [5.41, 5.74) is 2.53. The largest absolute Gasteiger partial charge is 0.418 e. The van der Waals surface area contributed by atoms with E-state index in [2.05, 4.69) is 15.1 Å². The summed E-state index contributed by atoms with van der Waals surface area (Å²) in [6, 6.07) is -1.62. The Bertz CT molecular complexity index is 731. The van der Waals surface area contributed by atoms with Crippen LogP contribution in [0.5, 0.6) is 0 Å². The van der Waals surface area contributed by atoms with E-state index in [0.29, 0.717) is 29.9 Å². The average Bonchev–Trinajstić information content (AvgIpc) is 2.89. The van der Waals surface area contributed by atoms with Gasteiger partial charge in [0, 0.05) is 18.5 Å². The average molecular weight is 418 g/mol. The minimum Gasteiger partial charge on any atom is -0.314 e. The number of piperidine rings is 2. The van der Waals surface area contributed by atoms with Gasteiger partial charge in [-0.1, -0.05) is 0 Å². The normalized spacial score (nSPS) is 35.6. The van der Waals surface area contributed by atoms with E-state index in [1.807, 2.05) is 0 Å². The molecule has 3 amide bonds. The number of hydrogen-bond acceptors (Lipinski definition) is 7. The number of rotatable bonds is 5. The molecule has 3 aliphatic heterocycles. The van der Waals surface area contributed by atoms with Gasteiger partial charge in [-0.15, -0.1) is 4.28 Å². The molecule has 28 heavy (non-hydrogen) atoms. The second kappa shape index (κ2) is 7.75. The predicted molar refractivity (Wildman–Crippen MR) is 94.8 cm³/mol. The first kappa shape index (κ1) is 19.8. The third-order valence-corrected chi connectivity index (χ3v) is 6.58. The molecule has 4 unspecified atom stereocenters. The van der Waals surface area contributed by atoms with E-state index in [-0.39, 0.29) is 12.6 Å². The van der Waals surface area contributed by atoms with Gasteiger partial charge < -0.3 is 10.2 Å². The third-order valence-electron chi connectivity index (χ3n) is 6.23. The molecule has 0 aromatic rings. The Morgan fingerprint density at radius 2 is 2.00 bits per heavy atom. The molecule has 3 heterocycles. The van der Waals surface area contributed by atoms with Crippen LogP contribution in [0.4, 0.5) is 4.79 Å². The number of fused-ring (bicyclic) bond motifs is 3. The zero-order valence-corrected chi connectivity index (χ0v) is 16.3. The Labute approximate surface area is 163 Å². The van der Waals surface area contributed by atoms with E-state index in [1.54, 1.807) is 0 Å². The van der Waals surface area contributed by atoms with Crippen molar-refractivity contribution in [2.45, 2.75) is 69.2 Å². The van der Waals surface area contributed by atoms with E-state index in [0.717, 1.165) is 38.6 Å². The van der Waals surface area contributed by atoms with Gasteiger partial charge in [0.1, 0.15) is 6.04 Å².